The highest BCUT2D eigenvalue weighted by Gasteiger charge is 2.30. The van der Waals surface area contributed by atoms with Crippen molar-refractivity contribution in [3.63, 3.8) is 0 Å². The number of benzene rings is 1. The van der Waals surface area contributed by atoms with Gasteiger partial charge in [0.15, 0.2) is 5.78 Å². The van der Waals surface area contributed by atoms with E-state index in [1.807, 2.05) is 27.0 Å². The summed E-state index contributed by atoms with van der Waals surface area (Å²) in [7, 11) is 4.30. The lowest BCUT2D eigenvalue weighted by Crippen LogP contribution is -2.31. The molecular formula is C25H34N4O. The van der Waals surface area contributed by atoms with E-state index in [-0.39, 0.29) is 5.78 Å². The van der Waals surface area contributed by atoms with Gasteiger partial charge in [-0.25, -0.2) is 4.99 Å². The molecule has 1 aromatic rings. The lowest BCUT2D eigenvalue weighted by Gasteiger charge is -2.22. The van der Waals surface area contributed by atoms with Gasteiger partial charge in [-0.2, -0.15) is 0 Å². The number of Topliss-reactive ketones (excluding diaryl/α,β-unsaturated/α-hetero) is 1. The molecule has 0 amide bonds. The van der Waals surface area contributed by atoms with E-state index < -0.39 is 5.41 Å². The molecule has 5 nitrogen and oxygen atoms in total. The van der Waals surface area contributed by atoms with E-state index in [0.717, 1.165) is 24.2 Å². The average Bonchev–Trinajstić information content (AvgIpc) is 3.32. The van der Waals surface area contributed by atoms with Crippen molar-refractivity contribution in [1.29, 1.82) is 0 Å². The second-order valence-corrected chi connectivity index (χ2v) is 9.45. The maximum Gasteiger partial charge on any atom is 0.170 e. The molecule has 0 aliphatic carbocycles. The van der Waals surface area contributed by atoms with Crippen LogP contribution in [0.1, 0.15) is 39.7 Å². The van der Waals surface area contributed by atoms with E-state index in [1.165, 1.54) is 12.1 Å². The third kappa shape index (κ3) is 4.73. The number of rotatable bonds is 5. The molecule has 0 bridgehead atoms. The number of hydrogen-bond donors (Lipinski definition) is 1. The lowest BCUT2D eigenvalue weighted by atomic mass is 9.85. The first-order valence-corrected chi connectivity index (χ1v) is 10.6. The third-order valence-electron chi connectivity index (χ3n) is 5.84. The number of allylic oxidation sites excluding steroid dienone is 1. The summed E-state index contributed by atoms with van der Waals surface area (Å²) in [6.07, 6.45) is 4.75. The quantitative estimate of drug-likeness (QED) is 0.794. The van der Waals surface area contributed by atoms with Gasteiger partial charge in [-0.15, -0.1) is 0 Å². The van der Waals surface area contributed by atoms with Crippen LogP contribution in [-0.2, 0) is 4.79 Å². The summed E-state index contributed by atoms with van der Waals surface area (Å²) in [6.45, 7) is 14.0. The number of anilines is 1. The van der Waals surface area contributed by atoms with Gasteiger partial charge >= 0.3 is 0 Å². The molecule has 2 heterocycles. The normalized spacial score (nSPS) is 21.4. The van der Waals surface area contributed by atoms with E-state index in [1.54, 1.807) is 6.20 Å². The Morgan fingerprint density at radius 1 is 1.33 bits per heavy atom. The molecule has 1 N–H and O–H groups in total. The van der Waals surface area contributed by atoms with Crippen molar-refractivity contribution < 1.29 is 4.79 Å². The zero-order valence-corrected chi connectivity index (χ0v) is 19.1. The largest absolute Gasteiger partial charge is 0.370 e. The highest BCUT2D eigenvalue weighted by atomic mass is 16.1. The van der Waals surface area contributed by atoms with Gasteiger partial charge in [0.1, 0.15) is 5.84 Å². The van der Waals surface area contributed by atoms with E-state index in [0.29, 0.717) is 23.0 Å². The van der Waals surface area contributed by atoms with Gasteiger partial charge in [-0.05, 0) is 50.7 Å². The summed E-state index contributed by atoms with van der Waals surface area (Å²) in [4.78, 5) is 21.9. The van der Waals surface area contributed by atoms with Crippen LogP contribution in [0.15, 0.2) is 59.4 Å². The Hall–Kier alpha value is -2.66. The summed E-state index contributed by atoms with van der Waals surface area (Å²) in [6, 6.07) is 9.22. The van der Waals surface area contributed by atoms with Crippen molar-refractivity contribution in [1.82, 2.24) is 10.2 Å². The summed E-state index contributed by atoms with van der Waals surface area (Å²) in [5, 5.41) is 3.10. The second-order valence-electron chi connectivity index (χ2n) is 9.45. The van der Waals surface area contributed by atoms with Gasteiger partial charge < -0.3 is 15.1 Å². The molecule has 0 radical (unpaired) electrons. The van der Waals surface area contributed by atoms with Gasteiger partial charge in [0.2, 0.25) is 0 Å². The van der Waals surface area contributed by atoms with Crippen molar-refractivity contribution in [2.75, 3.05) is 32.1 Å². The van der Waals surface area contributed by atoms with E-state index >= 15 is 0 Å². The minimum Gasteiger partial charge on any atom is -0.370 e. The molecule has 160 valence electrons. The Morgan fingerprint density at radius 3 is 2.70 bits per heavy atom. The molecule has 1 aromatic carbocycles. The predicted molar refractivity (Wildman–Crippen MR) is 127 cm³/mol. The molecule has 1 saturated heterocycles. The summed E-state index contributed by atoms with van der Waals surface area (Å²) in [5.74, 6) is 0.701. The fraction of sp³-hybridized carbons (Fsp3) is 0.440. The standard InChI is InChI=1S/C25H34N4O/c1-17(14-26-24-18(2)22(15-27-24)23(30)25(3,4)5)19-9-8-10-20(13-19)29-12-11-21(16-29)28(6)7/h8-10,13-15,21H,2,11-12,16H2,1,3-7H3,(H,26,27)/b17-14+. The van der Waals surface area contributed by atoms with Crippen LogP contribution in [-0.4, -0.2) is 49.7 Å². The van der Waals surface area contributed by atoms with Crippen LogP contribution >= 0.6 is 0 Å². The van der Waals surface area contributed by atoms with Gasteiger partial charge in [0, 0.05) is 53.8 Å². The topological polar surface area (TPSA) is 47.9 Å². The van der Waals surface area contributed by atoms with Crippen molar-refractivity contribution in [3.05, 3.63) is 60.0 Å². The molecule has 30 heavy (non-hydrogen) atoms. The highest BCUT2D eigenvalue weighted by Crippen LogP contribution is 2.28. The van der Waals surface area contributed by atoms with Crippen LogP contribution in [0.4, 0.5) is 5.69 Å². The number of hydrogen-bond acceptors (Lipinski definition) is 4. The molecule has 2 aliphatic rings. The number of carbonyl (C=O) groups excluding carboxylic acids is 1. The third-order valence-corrected chi connectivity index (χ3v) is 5.84. The molecule has 5 heteroatoms. The van der Waals surface area contributed by atoms with Crippen molar-refractivity contribution in [2.45, 2.75) is 40.2 Å². The minimum atomic E-state index is -0.445. The molecular weight excluding hydrogens is 372 g/mol. The Bertz CT molecular complexity index is 931. The first-order chi connectivity index (χ1) is 14.1. The first-order valence-electron chi connectivity index (χ1n) is 10.6. The Kier molecular flexibility index (Phi) is 6.32. The zero-order valence-electron chi connectivity index (χ0n) is 19.1. The predicted octanol–water partition coefficient (Wildman–Crippen LogP) is 4.24. The van der Waals surface area contributed by atoms with E-state index in [4.69, 9.17) is 0 Å². The number of nitrogens with zero attached hydrogens (tertiary/aromatic N) is 3. The molecule has 0 saturated carbocycles. The monoisotopic (exact) mass is 406 g/mol. The van der Waals surface area contributed by atoms with Crippen molar-refractivity contribution in [2.24, 2.45) is 10.4 Å². The fourth-order valence-corrected chi connectivity index (χ4v) is 3.75. The van der Waals surface area contributed by atoms with Gasteiger partial charge in [-0.1, -0.05) is 39.5 Å². The number of carbonyl (C=O) groups is 1. The Balaban J connectivity index is 1.73. The fourth-order valence-electron chi connectivity index (χ4n) is 3.75. The minimum absolute atomic E-state index is 0.0697. The summed E-state index contributed by atoms with van der Waals surface area (Å²) in [5.41, 5.74) is 4.28. The number of likely N-dealkylation sites (N-methyl/N-ethyl adjacent to an activating group) is 1. The zero-order chi connectivity index (χ0) is 22.1. The van der Waals surface area contributed by atoms with Crippen LogP contribution in [0.5, 0.6) is 0 Å². The van der Waals surface area contributed by atoms with E-state index in [9.17, 15) is 4.79 Å². The summed E-state index contributed by atoms with van der Waals surface area (Å²) < 4.78 is 0. The maximum atomic E-state index is 12.6. The Labute approximate surface area is 180 Å². The molecule has 1 unspecified atom stereocenters. The molecule has 0 spiro atoms. The van der Waals surface area contributed by atoms with Crippen LogP contribution < -0.4 is 10.2 Å². The molecule has 2 aliphatic heterocycles. The first kappa shape index (κ1) is 22.0. The average molecular weight is 407 g/mol. The molecule has 1 atom stereocenters. The lowest BCUT2D eigenvalue weighted by molar-refractivity contribution is -0.122. The van der Waals surface area contributed by atoms with Crippen LogP contribution in [0.3, 0.4) is 0 Å². The van der Waals surface area contributed by atoms with Crippen molar-refractivity contribution in [3.8, 4) is 0 Å². The Morgan fingerprint density at radius 2 is 2.07 bits per heavy atom. The SMILES string of the molecule is C=C1C(C(=O)C(C)(C)C)=CNC1=N/C=C(\C)c1cccc(N2CCC(N(C)C)C2)c1. The van der Waals surface area contributed by atoms with Crippen LogP contribution in [0.2, 0.25) is 0 Å². The number of amidine groups is 1. The van der Waals surface area contributed by atoms with Gasteiger partial charge in [0.25, 0.3) is 0 Å². The van der Waals surface area contributed by atoms with Gasteiger partial charge in [0.05, 0.1) is 0 Å². The smallest absolute Gasteiger partial charge is 0.170 e. The molecule has 0 aromatic heterocycles. The van der Waals surface area contributed by atoms with Gasteiger partial charge in [-0.3, -0.25) is 4.79 Å². The summed E-state index contributed by atoms with van der Waals surface area (Å²) >= 11 is 0. The van der Waals surface area contributed by atoms with Crippen LogP contribution in [0.25, 0.3) is 5.57 Å². The molecule has 3 rings (SSSR count). The second kappa shape index (κ2) is 8.60. The maximum absolute atomic E-state index is 12.6. The number of ketones is 1. The highest BCUT2D eigenvalue weighted by molar-refractivity contribution is 6.18. The van der Waals surface area contributed by atoms with E-state index in [2.05, 4.69) is 72.0 Å². The number of aliphatic imine (C=N–C) groups is 1. The van der Waals surface area contributed by atoms with Crippen molar-refractivity contribution >= 4 is 22.9 Å². The van der Waals surface area contributed by atoms with Crippen LogP contribution in [0, 0.1) is 5.41 Å². The number of nitrogens with one attached hydrogen (secondary N) is 1. The molecule has 1 fully saturated rings.